The topological polar surface area (TPSA) is 97.5 Å². The Morgan fingerprint density at radius 1 is 1.53 bits per heavy atom. The van der Waals surface area contributed by atoms with E-state index >= 15 is 0 Å². The molecule has 0 atom stereocenters. The van der Waals surface area contributed by atoms with E-state index in [1.807, 2.05) is 0 Å². The maximum atomic E-state index is 11.5. The van der Waals surface area contributed by atoms with Crippen LogP contribution in [0.3, 0.4) is 0 Å². The van der Waals surface area contributed by atoms with Crippen LogP contribution in [0.15, 0.2) is 11.0 Å². The number of hydrogen-bond donors (Lipinski definition) is 2. The molecule has 0 amide bonds. The molecule has 0 radical (unpaired) electrons. The van der Waals surface area contributed by atoms with Gasteiger partial charge < -0.3 is 0 Å². The molecule has 0 fully saturated rings. The van der Waals surface area contributed by atoms with Gasteiger partial charge in [0, 0.05) is 0 Å². The first kappa shape index (κ1) is 10.3. The van der Waals surface area contributed by atoms with Gasteiger partial charge in [0.05, 0.1) is 0 Å². The molecule has 0 aromatic carbocycles. The summed E-state index contributed by atoms with van der Waals surface area (Å²) in [6.45, 7) is 0. The Bertz CT molecular complexity index is 552. The summed E-state index contributed by atoms with van der Waals surface area (Å²) in [5, 5.41) is 0. The van der Waals surface area contributed by atoms with Crippen molar-refractivity contribution in [3.8, 4) is 0 Å². The van der Waals surface area contributed by atoms with Crippen molar-refractivity contribution in [2.24, 2.45) is 0 Å². The molecule has 0 aliphatic heterocycles. The summed E-state index contributed by atoms with van der Waals surface area (Å²) >= 11 is 0.0960. The number of fused-ring (bicyclic) bond motifs is 1. The quantitative estimate of drug-likeness (QED) is 0.443. The molecule has 15 heavy (non-hydrogen) atoms. The number of alkyl halides is 2. The number of hydrogen-bond acceptors (Lipinski definition) is 5. The van der Waals surface area contributed by atoms with E-state index < -0.39 is 0 Å². The fraction of sp³-hybridized carbons (Fsp3) is 0.250. The summed E-state index contributed by atoms with van der Waals surface area (Å²) in [6, 6.07) is 0. The van der Waals surface area contributed by atoms with Crippen LogP contribution in [0.5, 0.6) is 0 Å². The van der Waals surface area contributed by atoms with Gasteiger partial charge in [0.1, 0.15) is 0 Å². The van der Waals surface area contributed by atoms with E-state index in [-0.39, 0.29) is 38.2 Å². The van der Waals surface area contributed by atoms with Crippen LogP contribution in [0.1, 0.15) is 5.69 Å². The molecule has 0 spiro atoms. The molecule has 2 aromatic rings. The molecule has 0 saturated heterocycles. The second-order valence-electron chi connectivity index (χ2n) is 2.89. The van der Waals surface area contributed by atoms with E-state index in [4.69, 9.17) is 5.73 Å². The third-order valence-electron chi connectivity index (χ3n) is 1.76. The molecular weight excluding hydrogens is 309 g/mol. The Morgan fingerprint density at radius 3 is 3.07 bits per heavy atom. The second-order valence-corrected chi connectivity index (χ2v) is 5.17. The number of aromatic nitrogens is 4. The van der Waals surface area contributed by atoms with E-state index in [0.717, 1.165) is 10.1 Å². The van der Waals surface area contributed by atoms with Gasteiger partial charge in [-0.3, -0.25) is 0 Å². The Hall–Kier alpha value is -1.25. The van der Waals surface area contributed by atoms with Crippen LogP contribution in [0.2, 0.25) is 0 Å². The number of nitrogen functional groups attached to an aromatic ring is 1. The van der Waals surface area contributed by atoms with E-state index in [1.165, 1.54) is 0 Å². The summed E-state index contributed by atoms with van der Waals surface area (Å²) in [5.41, 5.74) is 6.47. The fourth-order valence-corrected chi connectivity index (χ4v) is 2.32. The fourth-order valence-electron chi connectivity index (χ4n) is 1.17. The first-order chi connectivity index (χ1) is 7.20. The summed E-state index contributed by atoms with van der Waals surface area (Å²) in [5.74, 6) is 0.0671. The molecule has 0 aliphatic rings. The van der Waals surface area contributed by atoms with Gasteiger partial charge in [0.25, 0.3) is 0 Å². The van der Waals surface area contributed by atoms with E-state index in [0.29, 0.717) is 5.65 Å². The number of nitrogens with one attached hydrogen (secondary N) is 1. The Labute approximate surface area is 95.6 Å². The van der Waals surface area contributed by atoms with Gasteiger partial charge in [-0.2, -0.15) is 0 Å². The Balaban J connectivity index is 2.66. The molecular formula is C8H9IN5O-. The molecule has 0 bridgehead atoms. The van der Waals surface area contributed by atoms with E-state index in [1.54, 1.807) is 6.20 Å². The van der Waals surface area contributed by atoms with Crippen molar-refractivity contribution in [3.63, 3.8) is 0 Å². The second kappa shape index (κ2) is 4.09. The number of nitrogens with two attached hydrogens (primary N) is 1. The molecule has 6 nitrogen and oxygen atoms in total. The summed E-state index contributed by atoms with van der Waals surface area (Å²) in [6.07, 6.45) is 1.65. The zero-order valence-electron chi connectivity index (χ0n) is 7.99. The molecule has 0 saturated carbocycles. The van der Waals surface area contributed by atoms with Gasteiger partial charge in [0.2, 0.25) is 0 Å². The first-order valence-corrected chi connectivity index (χ1v) is 7.84. The third kappa shape index (κ3) is 2.06. The number of anilines is 1. The van der Waals surface area contributed by atoms with Gasteiger partial charge >= 0.3 is 95.6 Å². The molecule has 80 valence electrons. The summed E-state index contributed by atoms with van der Waals surface area (Å²) in [4.78, 5) is 28.2. The third-order valence-corrected chi connectivity index (χ3v) is 3.30. The molecule has 0 unspecified atom stereocenters. The predicted molar refractivity (Wildman–Crippen MR) is 52.0 cm³/mol. The van der Waals surface area contributed by atoms with Crippen LogP contribution in [0.25, 0.3) is 11.2 Å². The average molecular weight is 318 g/mol. The van der Waals surface area contributed by atoms with Crippen molar-refractivity contribution in [2.45, 2.75) is 4.43 Å². The molecule has 0 aliphatic carbocycles. The molecule has 2 heterocycles. The standard InChI is InChI=1S/C8H9IN5O/c1-9-2-4-3-11-6-5(12-4)7(15)14-8(10)13-6/h3H,2H2,1H3,(H3,10,11,13,14,15)/q-1. The molecule has 2 aromatic heterocycles. The van der Waals surface area contributed by atoms with Crippen LogP contribution in [-0.2, 0) is 4.43 Å². The number of halogens is 1. The average Bonchev–Trinajstić information content (AvgIpc) is 2.19. The number of rotatable bonds is 2. The number of nitrogens with zero attached hydrogens (tertiary/aromatic N) is 3. The van der Waals surface area contributed by atoms with Crippen molar-refractivity contribution in [3.05, 3.63) is 22.2 Å². The number of aromatic amines is 1. The predicted octanol–water partition coefficient (Wildman–Crippen LogP) is -3.49. The van der Waals surface area contributed by atoms with Gasteiger partial charge in [-0.1, -0.05) is 0 Å². The van der Waals surface area contributed by atoms with E-state index in [2.05, 4.69) is 24.9 Å². The van der Waals surface area contributed by atoms with Crippen LogP contribution in [-0.4, -0.2) is 24.9 Å². The van der Waals surface area contributed by atoms with E-state index in [9.17, 15) is 4.79 Å². The minimum absolute atomic E-state index is 0.0671. The molecule has 7 heteroatoms. The zero-order chi connectivity index (χ0) is 10.8. The normalized spacial score (nSPS) is 11.0. The SMILES string of the molecule is C[I-]Cc1cnc2nc(N)[nH]c(=O)c2n1. The zero-order valence-corrected chi connectivity index (χ0v) is 10.1. The van der Waals surface area contributed by atoms with Gasteiger partial charge in [-0.15, -0.1) is 0 Å². The summed E-state index contributed by atoms with van der Waals surface area (Å²) in [7, 11) is 0. The molecule has 3 N–H and O–H groups in total. The maximum absolute atomic E-state index is 11.5. The van der Waals surface area contributed by atoms with Crippen LogP contribution >= 0.6 is 0 Å². The monoisotopic (exact) mass is 318 g/mol. The minimum atomic E-state index is -0.332. The van der Waals surface area contributed by atoms with Gasteiger partial charge in [-0.05, 0) is 0 Å². The van der Waals surface area contributed by atoms with Crippen molar-refractivity contribution < 1.29 is 21.2 Å². The van der Waals surface area contributed by atoms with Crippen molar-refractivity contribution in [1.82, 2.24) is 19.9 Å². The number of H-pyrrole nitrogens is 1. The van der Waals surface area contributed by atoms with Crippen molar-refractivity contribution in [2.75, 3.05) is 10.7 Å². The van der Waals surface area contributed by atoms with Crippen LogP contribution in [0, 0.1) is 0 Å². The Morgan fingerprint density at radius 2 is 2.33 bits per heavy atom. The van der Waals surface area contributed by atoms with Crippen molar-refractivity contribution in [1.29, 1.82) is 0 Å². The van der Waals surface area contributed by atoms with Gasteiger partial charge in [0.15, 0.2) is 0 Å². The van der Waals surface area contributed by atoms with Gasteiger partial charge in [-0.25, -0.2) is 0 Å². The Kier molecular flexibility index (Phi) is 2.80. The van der Waals surface area contributed by atoms with Crippen molar-refractivity contribution >= 4 is 17.1 Å². The summed E-state index contributed by atoms with van der Waals surface area (Å²) < 4.78 is 0.908. The van der Waals surface area contributed by atoms with Crippen LogP contribution in [0.4, 0.5) is 5.95 Å². The molecule has 2 rings (SSSR count). The van der Waals surface area contributed by atoms with Crippen LogP contribution < -0.4 is 32.5 Å². The first-order valence-electron chi connectivity index (χ1n) is 4.16.